The fourth-order valence-corrected chi connectivity index (χ4v) is 3.47. The van der Waals surface area contributed by atoms with Crippen LogP contribution in [0.2, 0.25) is 0 Å². The molecule has 0 atom stereocenters. The summed E-state index contributed by atoms with van der Waals surface area (Å²) in [4.78, 5) is 15.1. The normalized spacial score (nSPS) is 13.5. The first-order chi connectivity index (χ1) is 13.7. The Morgan fingerprint density at radius 1 is 1.11 bits per heavy atom. The average Bonchev–Trinajstić information content (AvgIpc) is 3.41. The van der Waals surface area contributed by atoms with Gasteiger partial charge >= 0.3 is 0 Å². The van der Waals surface area contributed by atoms with E-state index in [4.69, 9.17) is 9.15 Å². The number of anilines is 2. The van der Waals surface area contributed by atoms with Crippen molar-refractivity contribution in [3.05, 3.63) is 77.7 Å². The molecule has 0 saturated carbocycles. The number of aryl methyl sites for hydroxylation is 1. The lowest BCUT2D eigenvalue weighted by molar-refractivity contribution is 0.0993. The molecule has 5 nitrogen and oxygen atoms in total. The molecule has 0 aliphatic carbocycles. The lowest BCUT2D eigenvalue weighted by Crippen LogP contribution is -2.18. The Kier molecular flexibility index (Phi) is 5.33. The van der Waals surface area contributed by atoms with Crippen LogP contribution in [0.15, 0.2) is 65.3 Å². The van der Waals surface area contributed by atoms with Crippen molar-refractivity contribution in [2.24, 2.45) is 0 Å². The molecule has 1 aliphatic heterocycles. The van der Waals surface area contributed by atoms with Crippen LogP contribution in [0.4, 0.5) is 11.4 Å². The standard InChI is InChI=1S/C23H24N2O3/c1-17-15-19(25-12-5-6-13-25)9-10-21(17)24-23(26)22-18(11-14-27-22)16-28-20-7-3-2-4-8-20/h2-4,7-11,14-15H,5-6,12-13,16H2,1H3,(H,24,26). The molecule has 1 fully saturated rings. The maximum Gasteiger partial charge on any atom is 0.291 e. The maximum absolute atomic E-state index is 12.7. The van der Waals surface area contributed by atoms with E-state index in [-0.39, 0.29) is 18.3 Å². The lowest BCUT2D eigenvalue weighted by atomic mass is 10.1. The van der Waals surface area contributed by atoms with Gasteiger partial charge in [-0.15, -0.1) is 0 Å². The number of rotatable bonds is 6. The van der Waals surface area contributed by atoms with Crippen LogP contribution in [0, 0.1) is 6.92 Å². The second kappa shape index (κ2) is 8.21. The van der Waals surface area contributed by atoms with Crippen molar-refractivity contribution in [1.29, 1.82) is 0 Å². The number of nitrogens with one attached hydrogen (secondary N) is 1. The summed E-state index contributed by atoms with van der Waals surface area (Å²) < 4.78 is 11.2. The fraction of sp³-hybridized carbons (Fsp3) is 0.261. The van der Waals surface area contributed by atoms with Gasteiger partial charge in [0.1, 0.15) is 12.4 Å². The van der Waals surface area contributed by atoms with E-state index >= 15 is 0 Å². The van der Waals surface area contributed by atoms with Crippen molar-refractivity contribution >= 4 is 17.3 Å². The molecule has 28 heavy (non-hydrogen) atoms. The first kappa shape index (κ1) is 18.2. The number of ether oxygens (including phenoxy) is 1. The minimum Gasteiger partial charge on any atom is -0.489 e. The molecule has 2 heterocycles. The van der Waals surface area contributed by atoms with Gasteiger partial charge in [-0.3, -0.25) is 4.79 Å². The van der Waals surface area contributed by atoms with Gasteiger partial charge in [-0.1, -0.05) is 18.2 Å². The van der Waals surface area contributed by atoms with E-state index in [1.165, 1.54) is 24.8 Å². The Bertz CT molecular complexity index is 943. The molecule has 1 N–H and O–H groups in total. The summed E-state index contributed by atoms with van der Waals surface area (Å²) in [6, 6.07) is 17.4. The van der Waals surface area contributed by atoms with E-state index < -0.39 is 0 Å². The zero-order valence-electron chi connectivity index (χ0n) is 16.0. The molecule has 0 spiro atoms. The van der Waals surface area contributed by atoms with Gasteiger partial charge in [0, 0.05) is 30.0 Å². The summed E-state index contributed by atoms with van der Waals surface area (Å²) in [6.45, 7) is 4.48. The SMILES string of the molecule is Cc1cc(N2CCCC2)ccc1NC(=O)c1occc1COc1ccccc1. The summed E-state index contributed by atoms with van der Waals surface area (Å²) in [5.74, 6) is 0.760. The number of furan rings is 1. The molecule has 3 aromatic rings. The average molecular weight is 376 g/mol. The highest BCUT2D eigenvalue weighted by Gasteiger charge is 2.18. The molecule has 1 aromatic heterocycles. The summed E-state index contributed by atoms with van der Waals surface area (Å²) in [5, 5.41) is 2.96. The molecule has 144 valence electrons. The Balaban J connectivity index is 1.43. The quantitative estimate of drug-likeness (QED) is 0.656. The molecule has 0 radical (unpaired) electrons. The summed E-state index contributed by atoms with van der Waals surface area (Å²) in [6.07, 6.45) is 4.00. The molecule has 2 aromatic carbocycles. The van der Waals surface area contributed by atoms with Crippen LogP contribution < -0.4 is 15.0 Å². The molecule has 4 rings (SSSR count). The summed E-state index contributed by atoms with van der Waals surface area (Å²) in [7, 11) is 0. The predicted octanol–water partition coefficient (Wildman–Crippen LogP) is 5.02. The van der Waals surface area contributed by atoms with E-state index in [1.807, 2.05) is 43.3 Å². The molecule has 5 heteroatoms. The van der Waals surface area contributed by atoms with Gasteiger partial charge in [0.15, 0.2) is 5.76 Å². The number of carbonyl (C=O) groups excluding carboxylic acids is 1. The van der Waals surface area contributed by atoms with Crippen LogP contribution >= 0.6 is 0 Å². The number of para-hydroxylation sites is 1. The van der Waals surface area contributed by atoms with E-state index in [2.05, 4.69) is 22.3 Å². The lowest BCUT2D eigenvalue weighted by Gasteiger charge is -2.19. The van der Waals surface area contributed by atoms with Crippen molar-refractivity contribution in [3.8, 4) is 5.75 Å². The number of carbonyl (C=O) groups is 1. The third kappa shape index (κ3) is 4.03. The number of amides is 1. The van der Waals surface area contributed by atoms with Crippen LogP contribution in [-0.4, -0.2) is 19.0 Å². The molecule has 1 saturated heterocycles. The third-order valence-corrected chi connectivity index (χ3v) is 5.02. The highest BCUT2D eigenvalue weighted by molar-refractivity contribution is 6.03. The highest BCUT2D eigenvalue weighted by Crippen LogP contribution is 2.26. The van der Waals surface area contributed by atoms with Gasteiger partial charge in [-0.2, -0.15) is 0 Å². The van der Waals surface area contributed by atoms with Crippen LogP contribution in [0.25, 0.3) is 0 Å². The number of hydrogen-bond donors (Lipinski definition) is 1. The van der Waals surface area contributed by atoms with Gasteiger partial charge in [0.2, 0.25) is 0 Å². The van der Waals surface area contributed by atoms with E-state index in [0.29, 0.717) is 5.56 Å². The maximum atomic E-state index is 12.7. The topological polar surface area (TPSA) is 54.7 Å². The van der Waals surface area contributed by atoms with E-state index in [0.717, 1.165) is 30.1 Å². The first-order valence-corrected chi connectivity index (χ1v) is 9.62. The highest BCUT2D eigenvalue weighted by atomic mass is 16.5. The smallest absolute Gasteiger partial charge is 0.291 e. The Morgan fingerprint density at radius 3 is 2.64 bits per heavy atom. The van der Waals surface area contributed by atoms with E-state index in [1.54, 1.807) is 6.07 Å². The predicted molar refractivity (Wildman–Crippen MR) is 110 cm³/mol. The largest absolute Gasteiger partial charge is 0.489 e. The molecular formula is C23H24N2O3. The van der Waals surface area contributed by atoms with Crippen LogP contribution in [-0.2, 0) is 6.61 Å². The number of nitrogens with zero attached hydrogens (tertiary/aromatic N) is 1. The van der Waals surface area contributed by atoms with Crippen molar-refractivity contribution in [2.45, 2.75) is 26.4 Å². The van der Waals surface area contributed by atoms with Crippen LogP contribution in [0.5, 0.6) is 5.75 Å². The summed E-state index contributed by atoms with van der Waals surface area (Å²) in [5.41, 5.74) is 3.75. The van der Waals surface area contributed by atoms with Gasteiger partial charge in [0.25, 0.3) is 5.91 Å². The van der Waals surface area contributed by atoms with Crippen molar-refractivity contribution in [3.63, 3.8) is 0 Å². The van der Waals surface area contributed by atoms with Crippen LogP contribution in [0.1, 0.15) is 34.5 Å². The molecule has 0 unspecified atom stereocenters. The number of hydrogen-bond acceptors (Lipinski definition) is 4. The molecule has 0 bridgehead atoms. The molecule has 1 amide bonds. The van der Waals surface area contributed by atoms with Gasteiger partial charge in [-0.05, 0) is 61.7 Å². The van der Waals surface area contributed by atoms with Gasteiger partial charge in [0.05, 0.1) is 6.26 Å². The second-order valence-corrected chi connectivity index (χ2v) is 7.02. The van der Waals surface area contributed by atoms with E-state index in [9.17, 15) is 4.79 Å². The van der Waals surface area contributed by atoms with Crippen LogP contribution in [0.3, 0.4) is 0 Å². The molecule has 1 aliphatic rings. The Morgan fingerprint density at radius 2 is 1.89 bits per heavy atom. The van der Waals surface area contributed by atoms with Crippen molar-refractivity contribution in [1.82, 2.24) is 0 Å². The Labute approximate surface area is 164 Å². The second-order valence-electron chi connectivity index (χ2n) is 7.02. The monoisotopic (exact) mass is 376 g/mol. The zero-order chi connectivity index (χ0) is 19.3. The number of benzene rings is 2. The Hall–Kier alpha value is -3.21. The third-order valence-electron chi connectivity index (χ3n) is 5.02. The zero-order valence-corrected chi connectivity index (χ0v) is 16.0. The minimum atomic E-state index is -0.270. The fourth-order valence-electron chi connectivity index (χ4n) is 3.47. The van der Waals surface area contributed by atoms with Gasteiger partial charge in [-0.25, -0.2) is 0 Å². The van der Waals surface area contributed by atoms with Crippen molar-refractivity contribution < 1.29 is 13.9 Å². The van der Waals surface area contributed by atoms with Gasteiger partial charge < -0.3 is 19.4 Å². The molecular weight excluding hydrogens is 352 g/mol. The minimum absolute atomic E-state index is 0.270. The first-order valence-electron chi connectivity index (χ1n) is 9.62. The summed E-state index contributed by atoms with van der Waals surface area (Å²) >= 11 is 0. The van der Waals surface area contributed by atoms with Crippen molar-refractivity contribution in [2.75, 3.05) is 23.3 Å².